The molecule has 2 amide bonds. The molecule has 0 bridgehead atoms. The van der Waals surface area contributed by atoms with E-state index in [2.05, 4.69) is 17.1 Å². The average Bonchev–Trinajstić information content (AvgIpc) is 3.43. The molecular weight excluding hydrogens is 510 g/mol. The van der Waals surface area contributed by atoms with Crippen molar-refractivity contribution in [1.29, 1.82) is 0 Å². The number of likely N-dealkylation sites (N-methyl/N-ethyl adjacent to an activating group) is 1. The zero-order chi connectivity index (χ0) is 28.2. The first-order valence-electron chi connectivity index (χ1n) is 14.4. The maximum Gasteiger partial charge on any atom is 0.258 e. The molecule has 2 heterocycles. The lowest BCUT2D eigenvalue weighted by molar-refractivity contribution is -0.120. The topological polar surface area (TPSA) is 101 Å². The van der Waals surface area contributed by atoms with Gasteiger partial charge in [-0.05, 0) is 56.6 Å². The minimum atomic E-state index is -0.353. The Morgan fingerprint density at radius 2 is 1.93 bits per heavy atom. The Morgan fingerprint density at radius 1 is 1.15 bits per heavy atom. The molecule has 0 spiro atoms. The second-order valence-electron chi connectivity index (χ2n) is 11.5. The smallest absolute Gasteiger partial charge is 0.258 e. The van der Waals surface area contributed by atoms with Crippen molar-refractivity contribution in [3.8, 4) is 17.2 Å². The first-order chi connectivity index (χ1) is 19.3. The SMILES string of the molecule is C[C@@H]1CN([C@H](C)CO)C(=O)c2cccc(NC(=O)C3CCCCC3)c2O[C@H]1CN(C)Cc1ccc2c(c1)OCO2. The van der Waals surface area contributed by atoms with Gasteiger partial charge >= 0.3 is 0 Å². The summed E-state index contributed by atoms with van der Waals surface area (Å²) in [7, 11) is 2.04. The maximum absolute atomic E-state index is 13.7. The van der Waals surface area contributed by atoms with Gasteiger partial charge in [-0.2, -0.15) is 0 Å². The Labute approximate surface area is 236 Å². The molecule has 1 aliphatic carbocycles. The van der Waals surface area contributed by atoms with Crippen molar-refractivity contribution in [2.45, 2.75) is 64.6 Å². The number of nitrogens with one attached hydrogen (secondary N) is 1. The van der Waals surface area contributed by atoms with E-state index in [1.807, 2.05) is 38.2 Å². The summed E-state index contributed by atoms with van der Waals surface area (Å²) >= 11 is 0. The summed E-state index contributed by atoms with van der Waals surface area (Å²) in [6.07, 6.45) is 4.78. The summed E-state index contributed by atoms with van der Waals surface area (Å²) in [4.78, 5) is 30.8. The van der Waals surface area contributed by atoms with E-state index < -0.39 is 0 Å². The third kappa shape index (κ3) is 6.20. The van der Waals surface area contributed by atoms with Gasteiger partial charge in [0.05, 0.1) is 23.9 Å². The van der Waals surface area contributed by atoms with Gasteiger partial charge in [-0.15, -0.1) is 0 Å². The third-order valence-electron chi connectivity index (χ3n) is 8.31. The maximum atomic E-state index is 13.7. The second kappa shape index (κ2) is 12.5. The van der Waals surface area contributed by atoms with Gasteiger partial charge in [-0.1, -0.05) is 38.3 Å². The van der Waals surface area contributed by atoms with Crippen LogP contribution in [0.25, 0.3) is 0 Å². The Morgan fingerprint density at radius 3 is 2.70 bits per heavy atom. The molecule has 216 valence electrons. The molecule has 40 heavy (non-hydrogen) atoms. The van der Waals surface area contributed by atoms with Crippen LogP contribution in [0.5, 0.6) is 17.2 Å². The summed E-state index contributed by atoms with van der Waals surface area (Å²) in [6.45, 7) is 5.73. The minimum Gasteiger partial charge on any atom is -0.486 e. The fraction of sp³-hybridized carbons (Fsp3) is 0.548. The van der Waals surface area contributed by atoms with Crippen LogP contribution in [0, 0.1) is 11.8 Å². The number of aliphatic hydroxyl groups is 1. The molecule has 1 saturated carbocycles. The van der Waals surface area contributed by atoms with Crippen molar-refractivity contribution < 1.29 is 28.9 Å². The fourth-order valence-electron chi connectivity index (χ4n) is 5.88. The summed E-state index contributed by atoms with van der Waals surface area (Å²) in [5, 5.41) is 13.0. The number of benzene rings is 2. The zero-order valence-corrected chi connectivity index (χ0v) is 23.7. The molecule has 2 aromatic rings. The van der Waals surface area contributed by atoms with Crippen molar-refractivity contribution in [2.24, 2.45) is 11.8 Å². The van der Waals surface area contributed by atoms with Crippen molar-refractivity contribution in [3.05, 3.63) is 47.5 Å². The zero-order valence-electron chi connectivity index (χ0n) is 23.7. The van der Waals surface area contributed by atoms with Gasteiger partial charge in [-0.25, -0.2) is 0 Å². The Bertz CT molecular complexity index is 1210. The van der Waals surface area contributed by atoms with Crippen molar-refractivity contribution in [1.82, 2.24) is 9.80 Å². The van der Waals surface area contributed by atoms with Gasteiger partial charge in [0.15, 0.2) is 17.2 Å². The molecule has 3 atom stereocenters. The number of aliphatic hydroxyl groups excluding tert-OH is 1. The first-order valence-corrected chi connectivity index (χ1v) is 14.4. The number of ether oxygens (including phenoxy) is 3. The van der Waals surface area contributed by atoms with Gasteiger partial charge in [-0.3, -0.25) is 14.5 Å². The Balaban J connectivity index is 1.40. The number of fused-ring (bicyclic) bond motifs is 2. The minimum absolute atomic E-state index is 0.0173. The molecule has 0 radical (unpaired) electrons. The second-order valence-corrected chi connectivity index (χ2v) is 11.5. The van der Waals surface area contributed by atoms with Crippen LogP contribution < -0.4 is 19.5 Å². The highest BCUT2D eigenvalue weighted by Crippen LogP contribution is 2.36. The number of hydrogen-bond donors (Lipinski definition) is 2. The van der Waals surface area contributed by atoms with Crippen molar-refractivity contribution >= 4 is 17.5 Å². The standard InChI is InChI=1S/C31H41N3O6/c1-20-15-34(21(2)18-35)31(37)24-10-7-11-25(32-30(36)23-8-5-4-6-9-23)29(24)40-28(20)17-33(3)16-22-12-13-26-27(14-22)39-19-38-26/h7,10-14,20-21,23,28,35H,4-6,8-9,15-19H2,1-3H3,(H,32,36)/t20-,21-,28+/m1/s1. The van der Waals surface area contributed by atoms with Crippen LogP contribution in [0.15, 0.2) is 36.4 Å². The average molecular weight is 552 g/mol. The molecule has 5 rings (SSSR count). The Hall–Kier alpha value is -3.30. The van der Waals surface area contributed by atoms with Crippen LogP contribution in [0.3, 0.4) is 0 Å². The predicted molar refractivity (Wildman–Crippen MR) is 152 cm³/mol. The largest absolute Gasteiger partial charge is 0.486 e. The van der Waals surface area contributed by atoms with Gasteiger partial charge in [0.1, 0.15) is 6.10 Å². The summed E-state index contributed by atoms with van der Waals surface area (Å²) < 4.78 is 17.7. The molecule has 2 N–H and O–H groups in total. The van der Waals surface area contributed by atoms with E-state index in [0.29, 0.717) is 36.6 Å². The van der Waals surface area contributed by atoms with Crippen LogP contribution in [0.4, 0.5) is 5.69 Å². The third-order valence-corrected chi connectivity index (χ3v) is 8.31. The quantitative estimate of drug-likeness (QED) is 0.505. The van der Waals surface area contributed by atoms with Gasteiger partial charge in [0.25, 0.3) is 5.91 Å². The number of hydrogen-bond acceptors (Lipinski definition) is 7. The summed E-state index contributed by atoms with van der Waals surface area (Å²) in [6, 6.07) is 10.9. The van der Waals surface area contributed by atoms with E-state index >= 15 is 0 Å². The van der Waals surface area contributed by atoms with Crippen LogP contribution in [0.2, 0.25) is 0 Å². The molecule has 0 saturated heterocycles. The number of amides is 2. The lowest BCUT2D eigenvalue weighted by atomic mass is 9.88. The highest BCUT2D eigenvalue weighted by atomic mass is 16.7. The number of nitrogens with zero attached hydrogens (tertiary/aromatic N) is 2. The first kappa shape index (κ1) is 28.2. The fourth-order valence-corrected chi connectivity index (χ4v) is 5.88. The van der Waals surface area contributed by atoms with E-state index in [9.17, 15) is 14.7 Å². The monoisotopic (exact) mass is 551 g/mol. The van der Waals surface area contributed by atoms with E-state index in [0.717, 1.165) is 42.7 Å². The van der Waals surface area contributed by atoms with Crippen LogP contribution in [0.1, 0.15) is 61.9 Å². The van der Waals surface area contributed by atoms with E-state index in [1.54, 1.807) is 17.0 Å². The molecule has 3 aliphatic rings. The number of carbonyl (C=O) groups excluding carboxylic acids is 2. The lowest BCUT2D eigenvalue weighted by Crippen LogP contribution is -2.49. The predicted octanol–water partition coefficient (Wildman–Crippen LogP) is 4.29. The molecule has 0 unspecified atom stereocenters. The van der Waals surface area contributed by atoms with Crippen molar-refractivity contribution in [3.63, 3.8) is 0 Å². The van der Waals surface area contributed by atoms with E-state index in [4.69, 9.17) is 14.2 Å². The number of para-hydroxylation sites is 1. The normalized spacial score (nSPS) is 21.8. The van der Waals surface area contributed by atoms with Gasteiger partial charge in [0.2, 0.25) is 12.7 Å². The molecule has 0 aromatic heterocycles. The molecule has 2 aliphatic heterocycles. The van der Waals surface area contributed by atoms with Crippen molar-refractivity contribution in [2.75, 3.05) is 38.9 Å². The molecule has 2 aromatic carbocycles. The highest BCUT2D eigenvalue weighted by Gasteiger charge is 2.35. The molecule has 1 fully saturated rings. The number of rotatable bonds is 8. The van der Waals surface area contributed by atoms with E-state index in [-0.39, 0.29) is 49.2 Å². The van der Waals surface area contributed by atoms with Gasteiger partial charge < -0.3 is 29.5 Å². The van der Waals surface area contributed by atoms with Crippen LogP contribution in [-0.2, 0) is 11.3 Å². The summed E-state index contributed by atoms with van der Waals surface area (Å²) in [5.74, 6) is 1.63. The van der Waals surface area contributed by atoms with E-state index in [1.165, 1.54) is 6.42 Å². The molecule has 9 nitrogen and oxygen atoms in total. The molecular formula is C31H41N3O6. The molecule has 9 heteroatoms. The number of anilines is 1. The lowest BCUT2D eigenvalue weighted by Gasteiger charge is -2.38. The van der Waals surface area contributed by atoms with Crippen LogP contribution in [-0.4, -0.2) is 72.4 Å². The number of carbonyl (C=O) groups is 2. The summed E-state index contributed by atoms with van der Waals surface area (Å²) in [5.41, 5.74) is 2.02. The highest BCUT2D eigenvalue weighted by molar-refractivity contribution is 6.02. The Kier molecular flexibility index (Phi) is 8.81. The van der Waals surface area contributed by atoms with Gasteiger partial charge in [0, 0.05) is 31.5 Å². The van der Waals surface area contributed by atoms with Crippen LogP contribution >= 0.6 is 0 Å².